The number of furan rings is 1. The number of rotatable bonds is 8. The van der Waals surface area contributed by atoms with Crippen LogP contribution in [0.1, 0.15) is 33.1 Å². The van der Waals surface area contributed by atoms with Crippen molar-refractivity contribution in [2.24, 2.45) is 5.92 Å². The van der Waals surface area contributed by atoms with Crippen LogP contribution in [0.15, 0.2) is 45.7 Å². The first-order chi connectivity index (χ1) is 17.6. The molecule has 1 amide bonds. The summed E-state index contributed by atoms with van der Waals surface area (Å²) < 4.78 is 35.2. The van der Waals surface area contributed by atoms with Gasteiger partial charge in [0.15, 0.2) is 0 Å². The third-order valence-corrected chi connectivity index (χ3v) is 8.72. The van der Waals surface area contributed by atoms with Crippen molar-refractivity contribution >= 4 is 43.6 Å². The molecule has 2 N–H and O–H groups in total. The van der Waals surface area contributed by atoms with Crippen molar-refractivity contribution in [3.8, 4) is 6.07 Å². The largest absolute Gasteiger partial charge is 0.456 e. The van der Waals surface area contributed by atoms with Crippen LogP contribution in [0.4, 0.5) is 5.69 Å². The number of hydrogen-bond acceptors (Lipinski definition) is 7. The van der Waals surface area contributed by atoms with Crippen molar-refractivity contribution in [2.45, 2.75) is 49.6 Å². The van der Waals surface area contributed by atoms with Gasteiger partial charge in [-0.05, 0) is 62.6 Å². The van der Waals surface area contributed by atoms with Crippen molar-refractivity contribution in [3.63, 3.8) is 0 Å². The summed E-state index contributed by atoms with van der Waals surface area (Å²) in [4.78, 5) is 17.6. The van der Waals surface area contributed by atoms with E-state index in [2.05, 4.69) is 39.0 Å². The Bertz CT molecular complexity index is 1480. The highest BCUT2D eigenvalue weighted by atomic mass is 32.2. The molecule has 0 spiro atoms. The summed E-state index contributed by atoms with van der Waals surface area (Å²) in [6.45, 7) is 7.75. The van der Waals surface area contributed by atoms with Gasteiger partial charge in [0.05, 0.1) is 11.0 Å². The molecule has 10 heteroatoms. The van der Waals surface area contributed by atoms with Gasteiger partial charge in [-0.15, -0.1) is 0 Å². The quantitative estimate of drug-likeness (QED) is 0.465. The number of nitriles is 1. The van der Waals surface area contributed by atoms with E-state index >= 15 is 0 Å². The number of hydrogen-bond donors (Lipinski definition) is 2. The van der Waals surface area contributed by atoms with Gasteiger partial charge >= 0.3 is 0 Å². The normalized spacial score (nSPS) is 18.7. The number of likely N-dealkylation sites (N-methyl/N-ethyl adjacent to an activating group) is 1. The zero-order valence-corrected chi connectivity index (χ0v) is 22.3. The highest BCUT2D eigenvalue weighted by molar-refractivity contribution is 7.89. The number of carbonyl (C=O) groups excluding carboxylic acids is 1. The lowest BCUT2D eigenvalue weighted by atomic mass is 10.0. The summed E-state index contributed by atoms with van der Waals surface area (Å²) in [5, 5.41) is 13.8. The van der Waals surface area contributed by atoms with Crippen molar-refractivity contribution in [3.05, 3.63) is 36.4 Å². The summed E-state index contributed by atoms with van der Waals surface area (Å²) in [5.41, 5.74) is 1.42. The Morgan fingerprint density at radius 3 is 2.46 bits per heavy atom. The number of amides is 1. The summed E-state index contributed by atoms with van der Waals surface area (Å²) >= 11 is 0. The maximum atomic E-state index is 13.3. The fourth-order valence-electron chi connectivity index (χ4n) is 4.82. The van der Waals surface area contributed by atoms with E-state index in [0.29, 0.717) is 30.4 Å². The summed E-state index contributed by atoms with van der Waals surface area (Å²) in [6, 6.07) is 12.0. The second-order valence-corrected chi connectivity index (χ2v) is 12.4. The lowest BCUT2D eigenvalue weighted by molar-refractivity contribution is -0.123. The predicted molar refractivity (Wildman–Crippen MR) is 143 cm³/mol. The molecule has 0 radical (unpaired) electrons. The highest BCUT2D eigenvalue weighted by Gasteiger charge is 2.46. The molecular weight excluding hydrogens is 490 g/mol. The third kappa shape index (κ3) is 5.30. The zero-order chi connectivity index (χ0) is 26.4. The van der Waals surface area contributed by atoms with Gasteiger partial charge in [0, 0.05) is 48.7 Å². The monoisotopic (exact) mass is 523 g/mol. The lowest BCUT2D eigenvalue weighted by Gasteiger charge is -2.34. The van der Waals surface area contributed by atoms with E-state index < -0.39 is 27.5 Å². The van der Waals surface area contributed by atoms with E-state index in [1.165, 1.54) is 6.07 Å². The van der Waals surface area contributed by atoms with Gasteiger partial charge in [-0.3, -0.25) is 4.79 Å². The predicted octanol–water partition coefficient (Wildman–Crippen LogP) is 3.20. The molecule has 0 bridgehead atoms. The lowest BCUT2D eigenvalue weighted by Crippen LogP contribution is -2.50. The van der Waals surface area contributed by atoms with Crippen LogP contribution in [0.5, 0.6) is 0 Å². The molecular formula is C27H33N5O4S. The van der Waals surface area contributed by atoms with Crippen molar-refractivity contribution in [1.82, 2.24) is 14.9 Å². The average molecular weight is 524 g/mol. The van der Waals surface area contributed by atoms with Gasteiger partial charge in [-0.2, -0.15) is 9.98 Å². The van der Waals surface area contributed by atoms with Gasteiger partial charge in [0.25, 0.3) is 0 Å². The zero-order valence-electron chi connectivity index (χ0n) is 21.5. The second kappa shape index (κ2) is 9.63. The molecule has 2 aromatic carbocycles. The van der Waals surface area contributed by atoms with E-state index in [4.69, 9.17) is 4.42 Å². The number of sulfonamides is 1. The average Bonchev–Trinajstić information content (AvgIpc) is 3.54. The third-order valence-electron chi connectivity index (χ3n) is 7.25. The molecule has 196 valence electrons. The smallest absolute Gasteiger partial charge is 0.241 e. The molecule has 1 unspecified atom stereocenters. The van der Waals surface area contributed by atoms with Crippen LogP contribution < -0.4 is 14.9 Å². The van der Waals surface area contributed by atoms with Crippen LogP contribution in [0, 0.1) is 17.2 Å². The maximum absolute atomic E-state index is 13.3. The Morgan fingerprint density at radius 1 is 1.08 bits per heavy atom. The first-order valence-corrected chi connectivity index (χ1v) is 14.2. The van der Waals surface area contributed by atoms with Crippen molar-refractivity contribution in [1.29, 1.82) is 5.26 Å². The van der Waals surface area contributed by atoms with Gasteiger partial charge in [-0.25, -0.2) is 8.42 Å². The van der Waals surface area contributed by atoms with Gasteiger partial charge in [0.1, 0.15) is 22.7 Å². The highest BCUT2D eigenvalue weighted by Crippen LogP contribution is 2.35. The molecule has 1 aliphatic carbocycles. The summed E-state index contributed by atoms with van der Waals surface area (Å²) in [7, 11) is -1.90. The molecule has 2 aliphatic rings. The van der Waals surface area contributed by atoms with Crippen LogP contribution in [0.25, 0.3) is 21.9 Å². The number of piperazine rings is 1. The maximum Gasteiger partial charge on any atom is 0.241 e. The first-order valence-electron chi connectivity index (χ1n) is 12.7. The first kappa shape index (κ1) is 25.5. The van der Waals surface area contributed by atoms with E-state index in [-0.39, 0.29) is 10.8 Å². The van der Waals surface area contributed by atoms with Gasteiger partial charge < -0.3 is 19.5 Å². The van der Waals surface area contributed by atoms with Crippen LogP contribution >= 0.6 is 0 Å². The minimum Gasteiger partial charge on any atom is -0.456 e. The number of anilines is 1. The van der Waals surface area contributed by atoms with Crippen molar-refractivity contribution in [2.75, 3.05) is 38.1 Å². The Hall–Kier alpha value is -3.13. The molecule has 3 aromatic rings. The molecule has 5 rings (SSSR count). The molecule has 2 fully saturated rings. The molecule has 37 heavy (non-hydrogen) atoms. The van der Waals surface area contributed by atoms with Crippen molar-refractivity contribution < 1.29 is 17.6 Å². The van der Waals surface area contributed by atoms with Crippen LogP contribution in [-0.2, 0) is 14.8 Å². The van der Waals surface area contributed by atoms with E-state index in [0.717, 1.165) is 42.6 Å². The molecule has 9 nitrogen and oxygen atoms in total. The topological polar surface area (TPSA) is 119 Å². The van der Waals surface area contributed by atoms with E-state index in [9.17, 15) is 18.5 Å². The number of carbonyl (C=O) groups is 1. The van der Waals surface area contributed by atoms with Gasteiger partial charge in [-0.1, -0.05) is 13.8 Å². The van der Waals surface area contributed by atoms with E-state index in [1.807, 2.05) is 26.0 Å². The number of nitrogens with zero attached hydrogens (tertiary/aromatic N) is 3. The summed E-state index contributed by atoms with van der Waals surface area (Å²) in [5.74, 6) is -0.402. The fourth-order valence-corrected chi connectivity index (χ4v) is 6.05. The second-order valence-electron chi connectivity index (χ2n) is 10.7. The van der Waals surface area contributed by atoms with Crippen LogP contribution in [-0.4, -0.2) is 64.0 Å². The molecule has 1 aliphatic heterocycles. The molecule has 1 aromatic heterocycles. The standard InChI is InChI=1S/C27H33N5O4S/c1-18(2)14-23(26(33)29-27(17-28)8-9-27)30-37(34,35)20-5-6-21-22-15-19(32-12-10-31(3)11-13-32)4-7-24(22)36-25(21)16-20/h4-7,15-16,18,23,30H,8-14H2,1-3H3,(H,29,33). The number of benzene rings is 2. The van der Waals surface area contributed by atoms with Gasteiger partial charge in [0.2, 0.25) is 15.9 Å². The SMILES string of the molecule is CC(C)CC(NS(=O)(=O)c1ccc2c(c1)oc1ccc(N3CCN(C)CC3)cc12)C(=O)NC1(C#N)CC1. The number of fused-ring (bicyclic) bond motifs is 3. The van der Waals surface area contributed by atoms with Crippen LogP contribution in [0.2, 0.25) is 0 Å². The Kier molecular flexibility index (Phi) is 6.64. The molecule has 1 atom stereocenters. The Morgan fingerprint density at radius 2 is 1.81 bits per heavy atom. The molecule has 1 saturated heterocycles. The van der Waals surface area contributed by atoms with E-state index in [1.54, 1.807) is 12.1 Å². The molecule has 1 saturated carbocycles. The van der Waals surface area contributed by atoms with Crippen LogP contribution in [0.3, 0.4) is 0 Å². The summed E-state index contributed by atoms with van der Waals surface area (Å²) in [6.07, 6.45) is 1.47. The fraction of sp³-hybridized carbons (Fsp3) is 0.481. The minimum absolute atomic E-state index is 0.0290. The Balaban J connectivity index is 1.40. The Labute approximate surface area is 217 Å². The molecule has 2 heterocycles. The number of nitrogens with one attached hydrogen (secondary N) is 2. The minimum atomic E-state index is -4.02.